The lowest BCUT2D eigenvalue weighted by molar-refractivity contribution is -0.865. The highest BCUT2D eigenvalue weighted by Gasteiger charge is 2.39. The number of hydrogen-bond acceptors (Lipinski definition) is 3. The number of phenols is 1. The average Bonchev–Trinajstić information content (AvgIpc) is 2.42. The van der Waals surface area contributed by atoms with Crippen molar-refractivity contribution in [2.24, 2.45) is 11.1 Å². The van der Waals surface area contributed by atoms with Crippen LogP contribution < -0.4 is 17.3 Å². The lowest BCUT2D eigenvalue weighted by atomic mass is 9.83. The van der Waals surface area contributed by atoms with Crippen LogP contribution in [0.2, 0.25) is 0 Å². The minimum Gasteiger partial charge on any atom is -1.00 e. The number of halogens is 1. The van der Waals surface area contributed by atoms with Crippen LogP contribution in [0.3, 0.4) is 0 Å². The van der Waals surface area contributed by atoms with Crippen LogP contribution in [0.5, 0.6) is 5.75 Å². The second-order valence-electron chi connectivity index (χ2n) is 4.98. The molecule has 0 spiro atoms. The van der Waals surface area contributed by atoms with E-state index in [4.69, 9.17) is 0 Å². The molecule has 0 radical (unpaired) electrons. The zero-order chi connectivity index (χ0) is 12.5. The molecule has 3 aliphatic heterocycles. The van der Waals surface area contributed by atoms with Crippen LogP contribution in [0.15, 0.2) is 35.1 Å². The number of rotatable bonds is 1. The average molecular weight is 281 g/mol. The molecule has 3 fully saturated rings. The Balaban J connectivity index is 0.00000133. The molecule has 0 unspecified atom stereocenters. The number of nitrogens with one attached hydrogen (secondary N) is 1. The largest absolute Gasteiger partial charge is 1.00 e. The molecule has 1 aromatic rings. The van der Waals surface area contributed by atoms with Gasteiger partial charge in [0.15, 0.2) is 5.70 Å². The SMILES string of the molecule is ON=C1C(=Cc2ccccc2O)[NH+]2CCC1CC2.[Cl-]. The Kier molecular flexibility index (Phi) is 4.12. The van der Waals surface area contributed by atoms with Gasteiger partial charge in [-0.05, 0) is 6.07 Å². The Morgan fingerprint density at radius 3 is 2.53 bits per heavy atom. The molecule has 0 aliphatic carbocycles. The summed E-state index contributed by atoms with van der Waals surface area (Å²) in [6.45, 7) is 2.17. The van der Waals surface area contributed by atoms with Crippen molar-refractivity contribution in [1.29, 1.82) is 0 Å². The summed E-state index contributed by atoms with van der Waals surface area (Å²) >= 11 is 0. The first-order valence-electron chi connectivity index (χ1n) is 6.36. The number of quaternary nitrogens is 1. The maximum atomic E-state index is 9.81. The zero-order valence-electron chi connectivity index (χ0n) is 10.5. The van der Waals surface area contributed by atoms with E-state index < -0.39 is 0 Å². The molecule has 0 aromatic heterocycles. The number of benzene rings is 1. The van der Waals surface area contributed by atoms with Crippen LogP contribution in [0, 0.1) is 5.92 Å². The number of para-hydroxylation sites is 1. The predicted octanol–water partition coefficient (Wildman–Crippen LogP) is -2.12. The van der Waals surface area contributed by atoms with Crippen LogP contribution >= 0.6 is 0 Å². The van der Waals surface area contributed by atoms with Crippen molar-refractivity contribution < 1.29 is 27.6 Å². The molecule has 5 heteroatoms. The standard InChI is InChI=1S/C14H16N2O2.ClH/c17-13-4-2-1-3-11(13)9-12-14(15-18)10-5-7-16(12)8-6-10;/h1-4,9-10,17-18H,5-8H2;1H. The van der Waals surface area contributed by atoms with E-state index in [2.05, 4.69) is 5.16 Å². The molecule has 0 amide bonds. The molecule has 4 rings (SSSR count). The molecule has 1 aromatic carbocycles. The third-order valence-electron chi connectivity index (χ3n) is 3.98. The van der Waals surface area contributed by atoms with Crippen LogP contribution in [0.1, 0.15) is 18.4 Å². The minimum absolute atomic E-state index is 0. The lowest BCUT2D eigenvalue weighted by Gasteiger charge is -2.37. The number of phenolic OH excluding ortho intramolecular Hbond substituents is 1. The van der Waals surface area contributed by atoms with Gasteiger partial charge in [0.1, 0.15) is 11.5 Å². The summed E-state index contributed by atoms with van der Waals surface area (Å²) in [6.07, 6.45) is 4.13. The van der Waals surface area contributed by atoms with E-state index in [9.17, 15) is 10.3 Å². The maximum absolute atomic E-state index is 9.81. The van der Waals surface area contributed by atoms with Gasteiger partial charge in [0, 0.05) is 30.4 Å². The Morgan fingerprint density at radius 2 is 1.89 bits per heavy atom. The Morgan fingerprint density at radius 1 is 1.21 bits per heavy atom. The van der Waals surface area contributed by atoms with Gasteiger partial charge in [-0.2, -0.15) is 0 Å². The third-order valence-corrected chi connectivity index (χ3v) is 3.98. The van der Waals surface area contributed by atoms with E-state index in [1.807, 2.05) is 18.2 Å². The fraction of sp³-hybridized carbons (Fsp3) is 0.357. The van der Waals surface area contributed by atoms with Gasteiger partial charge in [0.05, 0.1) is 13.1 Å². The van der Waals surface area contributed by atoms with Gasteiger partial charge in [0.2, 0.25) is 0 Å². The van der Waals surface area contributed by atoms with Gasteiger partial charge in [-0.1, -0.05) is 23.4 Å². The summed E-state index contributed by atoms with van der Waals surface area (Å²) in [5, 5.41) is 22.5. The monoisotopic (exact) mass is 280 g/mol. The maximum Gasteiger partial charge on any atom is 0.157 e. The van der Waals surface area contributed by atoms with Crippen molar-refractivity contribution in [2.75, 3.05) is 13.1 Å². The van der Waals surface area contributed by atoms with E-state index >= 15 is 0 Å². The summed E-state index contributed by atoms with van der Waals surface area (Å²) in [5.74, 6) is 0.647. The summed E-state index contributed by atoms with van der Waals surface area (Å²) in [5.41, 5.74) is 2.61. The minimum atomic E-state index is 0. The number of nitrogens with zero attached hydrogens (tertiary/aromatic N) is 1. The van der Waals surface area contributed by atoms with Crippen molar-refractivity contribution in [3.8, 4) is 5.75 Å². The van der Waals surface area contributed by atoms with Gasteiger partial charge in [-0.3, -0.25) is 0 Å². The van der Waals surface area contributed by atoms with E-state index in [-0.39, 0.29) is 18.2 Å². The first-order valence-corrected chi connectivity index (χ1v) is 6.36. The second-order valence-corrected chi connectivity index (χ2v) is 4.98. The van der Waals surface area contributed by atoms with Crippen molar-refractivity contribution in [2.45, 2.75) is 12.8 Å². The third kappa shape index (κ3) is 2.46. The quantitative estimate of drug-likeness (QED) is 0.407. The van der Waals surface area contributed by atoms with Crippen molar-refractivity contribution in [3.63, 3.8) is 0 Å². The van der Waals surface area contributed by atoms with E-state index in [0.29, 0.717) is 5.92 Å². The molecule has 3 aliphatic rings. The number of piperidine rings is 3. The highest BCUT2D eigenvalue weighted by molar-refractivity contribution is 6.03. The van der Waals surface area contributed by atoms with Crippen LogP contribution in [0.4, 0.5) is 0 Å². The summed E-state index contributed by atoms with van der Waals surface area (Å²) < 4.78 is 0. The molecule has 3 heterocycles. The number of aromatic hydroxyl groups is 1. The summed E-state index contributed by atoms with van der Waals surface area (Å²) in [7, 11) is 0. The van der Waals surface area contributed by atoms with E-state index in [1.165, 1.54) is 4.90 Å². The Hall–Kier alpha value is -1.52. The van der Waals surface area contributed by atoms with Crippen molar-refractivity contribution in [3.05, 3.63) is 35.5 Å². The van der Waals surface area contributed by atoms with E-state index in [1.54, 1.807) is 12.1 Å². The number of hydrogen-bond donors (Lipinski definition) is 3. The molecule has 2 bridgehead atoms. The molecule has 3 saturated heterocycles. The molecule has 0 atom stereocenters. The number of oxime groups is 1. The van der Waals surface area contributed by atoms with Gasteiger partial charge in [0.25, 0.3) is 0 Å². The first kappa shape index (κ1) is 13.9. The van der Waals surface area contributed by atoms with Gasteiger partial charge in [-0.15, -0.1) is 0 Å². The van der Waals surface area contributed by atoms with Gasteiger partial charge < -0.3 is 27.6 Å². The Bertz CT molecular complexity index is 520. The van der Waals surface area contributed by atoms with Gasteiger partial charge in [-0.25, -0.2) is 0 Å². The smallest absolute Gasteiger partial charge is 0.157 e. The van der Waals surface area contributed by atoms with E-state index in [0.717, 1.165) is 42.9 Å². The highest BCUT2D eigenvalue weighted by Crippen LogP contribution is 2.24. The molecular formula is C14H17ClN2O2. The molecular weight excluding hydrogens is 264 g/mol. The molecule has 3 N–H and O–H groups in total. The second kappa shape index (κ2) is 5.63. The first-order chi connectivity index (χ1) is 8.79. The predicted molar refractivity (Wildman–Crippen MR) is 68.7 cm³/mol. The lowest BCUT2D eigenvalue weighted by Crippen LogP contribution is -3.14. The number of allylic oxidation sites excluding steroid dienone is 1. The fourth-order valence-electron chi connectivity index (χ4n) is 2.99. The van der Waals surface area contributed by atoms with Crippen LogP contribution in [0.25, 0.3) is 6.08 Å². The molecule has 4 nitrogen and oxygen atoms in total. The normalized spacial score (nSPS) is 29.5. The number of fused-ring (bicyclic) bond motifs is 3. The zero-order valence-corrected chi connectivity index (χ0v) is 11.3. The fourth-order valence-corrected chi connectivity index (χ4v) is 2.99. The molecule has 102 valence electrons. The summed E-state index contributed by atoms with van der Waals surface area (Å²) in [6, 6.07) is 7.25. The Labute approximate surface area is 118 Å². The highest BCUT2D eigenvalue weighted by atomic mass is 35.5. The van der Waals surface area contributed by atoms with Crippen LogP contribution in [-0.4, -0.2) is 29.1 Å². The molecule has 19 heavy (non-hydrogen) atoms. The van der Waals surface area contributed by atoms with Crippen molar-refractivity contribution in [1.82, 2.24) is 0 Å². The van der Waals surface area contributed by atoms with Gasteiger partial charge >= 0.3 is 0 Å². The van der Waals surface area contributed by atoms with Crippen LogP contribution in [-0.2, 0) is 0 Å². The summed E-state index contributed by atoms with van der Waals surface area (Å²) in [4.78, 5) is 1.36. The topological polar surface area (TPSA) is 57.3 Å². The molecule has 0 saturated carbocycles. The van der Waals surface area contributed by atoms with Crippen molar-refractivity contribution >= 4 is 11.8 Å².